The lowest BCUT2D eigenvalue weighted by Crippen LogP contribution is -2.33. The van der Waals surface area contributed by atoms with Gasteiger partial charge in [-0.1, -0.05) is 53.4 Å². The third-order valence-corrected chi connectivity index (χ3v) is 6.13. The molecular formula is C19H17Cl2NO2. The molecule has 1 aromatic rings. The summed E-state index contributed by atoms with van der Waals surface area (Å²) in [7, 11) is 0. The molecule has 2 amide bonds. The van der Waals surface area contributed by atoms with Gasteiger partial charge in [0.2, 0.25) is 11.8 Å². The number of anilines is 1. The molecule has 1 aromatic carbocycles. The number of carbonyl (C=O) groups is 2. The molecular weight excluding hydrogens is 345 g/mol. The summed E-state index contributed by atoms with van der Waals surface area (Å²) in [5.41, 5.74) is 3.00. The Morgan fingerprint density at radius 1 is 1.08 bits per heavy atom. The van der Waals surface area contributed by atoms with E-state index < -0.39 is 0 Å². The maximum atomic E-state index is 13.0. The average molecular weight is 362 g/mol. The maximum Gasteiger partial charge on any atom is 0.238 e. The summed E-state index contributed by atoms with van der Waals surface area (Å²) in [6.45, 7) is 4.21. The molecule has 2 bridgehead atoms. The Morgan fingerprint density at radius 2 is 1.67 bits per heavy atom. The second-order valence-electron chi connectivity index (χ2n) is 6.68. The molecule has 24 heavy (non-hydrogen) atoms. The molecule has 1 saturated heterocycles. The molecule has 0 radical (unpaired) electrons. The highest BCUT2D eigenvalue weighted by Crippen LogP contribution is 2.57. The van der Waals surface area contributed by atoms with Crippen molar-refractivity contribution in [2.45, 2.75) is 20.3 Å². The molecule has 3 aliphatic rings. The van der Waals surface area contributed by atoms with Crippen molar-refractivity contribution in [1.29, 1.82) is 0 Å². The SMILES string of the molecule is CCC(C)=C1[C@H]2C=C[C@H]1[C@H]1C(=O)N(c3ccc(Cl)cc3Cl)C(=O)[C@H]12. The fraction of sp³-hybridized carbons (Fsp3) is 0.368. The van der Waals surface area contributed by atoms with E-state index in [-0.39, 0.29) is 35.5 Å². The minimum atomic E-state index is -0.296. The quantitative estimate of drug-likeness (QED) is 0.568. The van der Waals surface area contributed by atoms with Gasteiger partial charge in [-0.2, -0.15) is 0 Å². The van der Waals surface area contributed by atoms with Crippen LogP contribution in [-0.4, -0.2) is 11.8 Å². The average Bonchev–Trinajstić information content (AvgIpc) is 3.18. The summed E-state index contributed by atoms with van der Waals surface area (Å²) in [6.07, 6.45) is 5.13. The Kier molecular flexibility index (Phi) is 3.63. The van der Waals surface area contributed by atoms with Gasteiger partial charge in [0.05, 0.1) is 22.5 Å². The van der Waals surface area contributed by atoms with Crippen molar-refractivity contribution in [3.05, 3.63) is 51.5 Å². The Morgan fingerprint density at radius 3 is 2.17 bits per heavy atom. The Bertz CT molecular complexity index is 793. The van der Waals surface area contributed by atoms with E-state index in [1.807, 2.05) is 0 Å². The monoisotopic (exact) mass is 361 g/mol. The zero-order chi connectivity index (χ0) is 17.2. The number of carbonyl (C=O) groups excluding carboxylic acids is 2. The van der Waals surface area contributed by atoms with Crippen molar-refractivity contribution < 1.29 is 9.59 Å². The van der Waals surface area contributed by atoms with Crippen LogP contribution in [0.3, 0.4) is 0 Å². The molecule has 2 aliphatic carbocycles. The number of rotatable bonds is 2. The van der Waals surface area contributed by atoms with Gasteiger partial charge in [0.25, 0.3) is 0 Å². The summed E-state index contributed by atoms with van der Waals surface area (Å²) in [5.74, 6) is -0.786. The van der Waals surface area contributed by atoms with Crippen molar-refractivity contribution in [2.75, 3.05) is 4.90 Å². The Balaban J connectivity index is 1.77. The normalized spacial score (nSPS) is 32.8. The molecule has 124 valence electrons. The third kappa shape index (κ3) is 1.98. The van der Waals surface area contributed by atoms with Gasteiger partial charge in [-0.3, -0.25) is 9.59 Å². The van der Waals surface area contributed by atoms with Crippen LogP contribution in [0.5, 0.6) is 0 Å². The largest absolute Gasteiger partial charge is 0.274 e. The predicted molar refractivity (Wildman–Crippen MR) is 95.0 cm³/mol. The summed E-state index contributed by atoms with van der Waals surface area (Å²) in [5, 5.41) is 0.804. The first-order valence-corrected chi connectivity index (χ1v) is 8.92. The topological polar surface area (TPSA) is 37.4 Å². The van der Waals surface area contributed by atoms with Crippen molar-refractivity contribution in [1.82, 2.24) is 0 Å². The number of nitrogens with zero attached hydrogens (tertiary/aromatic N) is 1. The molecule has 4 rings (SSSR count). The summed E-state index contributed by atoms with van der Waals surface area (Å²) in [4.78, 5) is 27.3. The van der Waals surface area contributed by atoms with E-state index in [1.165, 1.54) is 16.0 Å². The first-order chi connectivity index (χ1) is 11.5. The molecule has 0 unspecified atom stereocenters. The van der Waals surface area contributed by atoms with Gasteiger partial charge in [0.1, 0.15) is 0 Å². The summed E-state index contributed by atoms with van der Waals surface area (Å²) < 4.78 is 0. The van der Waals surface area contributed by atoms with E-state index in [1.54, 1.807) is 18.2 Å². The van der Waals surface area contributed by atoms with Crippen LogP contribution in [0.25, 0.3) is 0 Å². The highest BCUT2D eigenvalue weighted by molar-refractivity contribution is 6.38. The van der Waals surface area contributed by atoms with Gasteiger partial charge < -0.3 is 0 Å². The van der Waals surface area contributed by atoms with E-state index in [0.29, 0.717) is 15.7 Å². The van der Waals surface area contributed by atoms with Gasteiger partial charge in [-0.25, -0.2) is 4.90 Å². The second kappa shape index (κ2) is 5.47. The number of hydrogen-bond acceptors (Lipinski definition) is 2. The van der Waals surface area contributed by atoms with Gasteiger partial charge in [-0.15, -0.1) is 0 Å². The second-order valence-corrected chi connectivity index (χ2v) is 7.53. The van der Waals surface area contributed by atoms with E-state index in [9.17, 15) is 9.59 Å². The highest BCUT2D eigenvalue weighted by Gasteiger charge is 2.62. The fourth-order valence-corrected chi connectivity index (χ4v) is 4.93. The first kappa shape index (κ1) is 15.9. The minimum Gasteiger partial charge on any atom is -0.274 e. The lowest BCUT2D eigenvalue weighted by Gasteiger charge is -2.20. The molecule has 2 fully saturated rings. The highest BCUT2D eigenvalue weighted by atomic mass is 35.5. The molecule has 1 heterocycles. The zero-order valence-electron chi connectivity index (χ0n) is 13.4. The van der Waals surface area contributed by atoms with Gasteiger partial charge in [-0.05, 0) is 31.5 Å². The van der Waals surface area contributed by atoms with Crippen molar-refractivity contribution in [3.63, 3.8) is 0 Å². The minimum absolute atomic E-state index is 0.0486. The van der Waals surface area contributed by atoms with Gasteiger partial charge >= 0.3 is 0 Å². The van der Waals surface area contributed by atoms with Crippen LogP contribution in [0.15, 0.2) is 41.5 Å². The maximum absolute atomic E-state index is 13.0. The number of benzene rings is 1. The smallest absolute Gasteiger partial charge is 0.238 e. The molecule has 4 atom stereocenters. The van der Waals surface area contributed by atoms with E-state index >= 15 is 0 Å². The number of hydrogen-bond donors (Lipinski definition) is 0. The molecule has 0 aromatic heterocycles. The van der Waals surface area contributed by atoms with E-state index in [0.717, 1.165) is 6.42 Å². The van der Waals surface area contributed by atoms with Crippen LogP contribution in [-0.2, 0) is 9.59 Å². The van der Waals surface area contributed by atoms with Crippen molar-refractivity contribution >= 4 is 40.7 Å². The van der Waals surface area contributed by atoms with Crippen molar-refractivity contribution in [3.8, 4) is 0 Å². The molecule has 0 spiro atoms. The van der Waals surface area contributed by atoms with E-state index in [2.05, 4.69) is 26.0 Å². The van der Waals surface area contributed by atoms with Crippen LogP contribution in [0.2, 0.25) is 10.0 Å². The van der Waals surface area contributed by atoms with Crippen molar-refractivity contribution in [2.24, 2.45) is 23.7 Å². The predicted octanol–water partition coefficient (Wildman–Crippen LogP) is 4.64. The molecule has 1 saturated carbocycles. The third-order valence-electron chi connectivity index (χ3n) is 5.59. The van der Waals surface area contributed by atoms with Gasteiger partial charge in [0, 0.05) is 16.9 Å². The lowest BCUT2D eigenvalue weighted by atomic mass is 9.85. The van der Waals surface area contributed by atoms with Crippen LogP contribution >= 0.6 is 23.2 Å². The molecule has 3 nitrogen and oxygen atoms in total. The van der Waals surface area contributed by atoms with E-state index in [4.69, 9.17) is 23.2 Å². The van der Waals surface area contributed by atoms with Crippen LogP contribution < -0.4 is 4.90 Å². The fourth-order valence-electron chi connectivity index (χ4n) is 4.44. The van der Waals surface area contributed by atoms with Crippen LogP contribution in [0.1, 0.15) is 20.3 Å². The molecule has 5 heteroatoms. The lowest BCUT2D eigenvalue weighted by molar-refractivity contribution is -0.122. The summed E-state index contributed by atoms with van der Waals surface area (Å²) >= 11 is 12.2. The summed E-state index contributed by atoms with van der Waals surface area (Å²) in [6, 6.07) is 4.86. The van der Waals surface area contributed by atoms with Crippen LogP contribution in [0.4, 0.5) is 5.69 Å². The Labute approximate surface area is 150 Å². The zero-order valence-corrected chi connectivity index (χ0v) is 14.9. The van der Waals surface area contributed by atoms with Gasteiger partial charge in [0.15, 0.2) is 0 Å². The first-order valence-electron chi connectivity index (χ1n) is 8.16. The number of allylic oxidation sites excluding steroid dienone is 4. The molecule has 1 aliphatic heterocycles. The number of amides is 2. The number of halogens is 2. The van der Waals surface area contributed by atoms with Crippen LogP contribution in [0, 0.1) is 23.7 Å². The molecule has 0 N–H and O–H groups in total. The number of imide groups is 1. The Hall–Kier alpha value is -1.58. The number of fused-ring (bicyclic) bond motifs is 5. The standard InChI is InChI=1S/C19H17Cl2NO2/c1-3-9(2)15-11-5-6-12(15)17-16(11)18(23)22(19(17)24)14-7-4-10(20)8-13(14)21/h4-8,11-12,16-17H,3H2,1-2H3/t11-,12-,16-,17+/m1/s1.